The Bertz CT molecular complexity index is 597. The van der Waals surface area contributed by atoms with E-state index in [9.17, 15) is 0 Å². The highest BCUT2D eigenvalue weighted by Gasteiger charge is 2.11. The largest absolute Gasteiger partial charge is 0.369 e. The Kier molecular flexibility index (Phi) is 5.27. The van der Waals surface area contributed by atoms with Crippen molar-refractivity contribution >= 4 is 29.0 Å². The van der Waals surface area contributed by atoms with Gasteiger partial charge in [0, 0.05) is 12.1 Å². The Labute approximate surface area is 130 Å². The van der Waals surface area contributed by atoms with Gasteiger partial charge in [0.15, 0.2) is 0 Å². The topological polar surface area (TPSA) is 24.9 Å². The van der Waals surface area contributed by atoms with Crippen molar-refractivity contribution in [3.8, 4) is 11.3 Å². The minimum atomic E-state index is 0.554. The summed E-state index contributed by atoms with van der Waals surface area (Å²) in [6, 6.07) is 10.0. The van der Waals surface area contributed by atoms with E-state index < -0.39 is 0 Å². The molecule has 1 aromatic carbocycles. The highest BCUT2D eigenvalue weighted by atomic mass is 35.5. The van der Waals surface area contributed by atoms with Gasteiger partial charge in [-0.15, -0.1) is 0 Å². The van der Waals surface area contributed by atoms with Crippen molar-refractivity contribution in [2.45, 2.75) is 26.7 Å². The molecular weight excluding hydrogens is 291 g/mol. The van der Waals surface area contributed by atoms with Crippen LogP contribution in [0, 0.1) is 0 Å². The average Bonchev–Trinajstić information content (AvgIpc) is 2.46. The summed E-state index contributed by atoms with van der Waals surface area (Å²) >= 11 is 12.5. The molecule has 2 nitrogen and oxygen atoms in total. The zero-order valence-electron chi connectivity index (χ0n) is 11.7. The van der Waals surface area contributed by atoms with Gasteiger partial charge in [-0.2, -0.15) is 0 Å². The van der Waals surface area contributed by atoms with Crippen LogP contribution >= 0.6 is 23.2 Å². The molecule has 0 unspecified atom stereocenters. The van der Waals surface area contributed by atoms with E-state index in [4.69, 9.17) is 23.2 Å². The number of pyridine rings is 1. The number of anilines is 1. The number of aryl methyl sites for hydroxylation is 1. The highest BCUT2D eigenvalue weighted by Crippen LogP contribution is 2.32. The van der Waals surface area contributed by atoms with Crippen molar-refractivity contribution in [1.82, 2.24) is 4.98 Å². The van der Waals surface area contributed by atoms with Gasteiger partial charge in [0.2, 0.25) is 0 Å². The summed E-state index contributed by atoms with van der Waals surface area (Å²) in [5, 5.41) is 4.36. The molecule has 2 rings (SSSR count). The summed E-state index contributed by atoms with van der Waals surface area (Å²) in [6.07, 6.45) is 2.00. The van der Waals surface area contributed by atoms with E-state index in [2.05, 4.69) is 36.3 Å². The molecule has 4 heteroatoms. The molecule has 0 aliphatic rings. The summed E-state index contributed by atoms with van der Waals surface area (Å²) in [5.41, 5.74) is 3.05. The van der Waals surface area contributed by atoms with E-state index in [1.54, 1.807) is 6.07 Å². The molecule has 0 bridgehead atoms. The van der Waals surface area contributed by atoms with Gasteiger partial charge in [-0.3, -0.25) is 0 Å². The molecule has 0 aliphatic carbocycles. The van der Waals surface area contributed by atoms with Crippen LogP contribution in [0.5, 0.6) is 0 Å². The van der Waals surface area contributed by atoms with Crippen LogP contribution in [0.4, 0.5) is 5.82 Å². The third-order valence-corrected chi connectivity index (χ3v) is 3.66. The minimum Gasteiger partial charge on any atom is -0.369 e. The molecule has 20 heavy (non-hydrogen) atoms. The summed E-state index contributed by atoms with van der Waals surface area (Å²) in [7, 11) is 0. The van der Waals surface area contributed by atoms with Crippen LogP contribution in [0.3, 0.4) is 0 Å². The zero-order valence-corrected chi connectivity index (χ0v) is 13.2. The number of nitrogens with zero attached hydrogens (tertiary/aromatic N) is 1. The SMILES string of the molecule is CCCNc1nc(-c2cccc(CC)c2)c(Cl)cc1Cl. The fourth-order valence-electron chi connectivity index (χ4n) is 1.97. The molecule has 1 aromatic heterocycles. The lowest BCUT2D eigenvalue weighted by molar-refractivity contribution is 0.970. The third-order valence-electron chi connectivity index (χ3n) is 3.08. The molecule has 1 N–H and O–H groups in total. The van der Waals surface area contributed by atoms with E-state index in [0.717, 1.165) is 30.6 Å². The van der Waals surface area contributed by atoms with Crippen LogP contribution in [0.1, 0.15) is 25.8 Å². The van der Waals surface area contributed by atoms with Crippen LogP contribution in [0.15, 0.2) is 30.3 Å². The number of benzene rings is 1. The van der Waals surface area contributed by atoms with Crippen LogP contribution < -0.4 is 5.32 Å². The minimum absolute atomic E-state index is 0.554. The molecule has 0 radical (unpaired) electrons. The predicted octanol–water partition coefficient (Wildman–Crippen LogP) is 5.44. The van der Waals surface area contributed by atoms with E-state index in [1.165, 1.54) is 5.56 Å². The van der Waals surface area contributed by atoms with Crippen molar-refractivity contribution in [2.75, 3.05) is 11.9 Å². The second-order valence-electron chi connectivity index (χ2n) is 4.63. The Balaban J connectivity index is 2.44. The maximum Gasteiger partial charge on any atom is 0.145 e. The van der Waals surface area contributed by atoms with Crippen LogP contribution in [0.25, 0.3) is 11.3 Å². The van der Waals surface area contributed by atoms with Crippen molar-refractivity contribution < 1.29 is 0 Å². The number of hydrogen-bond acceptors (Lipinski definition) is 2. The van der Waals surface area contributed by atoms with E-state index in [-0.39, 0.29) is 0 Å². The standard InChI is InChI=1S/C16H18Cl2N2/c1-3-8-19-16-14(18)10-13(17)15(20-16)12-7-5-6-11(4-2)9-12/h5-7,9-10H,3-4,8H2,1-2H3,(H,19,20). The first kappa shape index (κ1) is 15.1. The predicted molar refractivity (Wildman–Crippen MR) is 87.9 cm³/mol. The van der Waals surface area contributed by atoms with E-state index in [1.807, 2.05) is 12.1 Å². The molecule has 1 heterocycles. The van der Waals surface area contributed by atoms with E-state index in [0.29, 0.717) is 15.9 Å². The molecule has 0 spiro atoms. The van der Waals surface area contributed by atoms with Crippen molar-refractivity contribution in [3.63, 3.8) is 0 Å². The molecule has 0 fully saturated rings. The highest BCUT2D eigenvalue weighted by molar-refractivity contribution is 6.37. The maximum atomic E-state index is 6.29. The first-order chi connectivity index (χ1) is 9.65. The normalized spacial score (nSPS) is 10.6. The average molecular weight is 309 g/mol. The fourth-order valence-corrected chi connectivity index (χ4v) is 2.51. The smallest absolute Gasteiger partial charge is 0.145 e. The number of halogens is 2. The van der Waals surface area contributed by atoms with Crippen molar-refractivity contribution in [2.24, 2.45) is 0 Å². The van der Waals surface area contributed by atoms with Gasteiger partial charge in [0.05, 0.1) is 15.7 Å². The van der Waals surface area contributed by atoms with Crippen LogP contribution in [0.2, 0.25) is 10.0 Å². The lowest BCUT2D eigenvalue weighted by atomic mass is 10.1. The Hall–Kier alpha value is -1.25. The molecule has 0 saturated carbocycles. The van der Waals surface area contributed by atoms with Crippen LogP contribution in [-0.4, -0.2) is 11.5 Å². The van der Waals surface area contributed by atoms with Crippen molar-refractivity contribution in [3.05, 3.63) is 45.9 Å². The molecule has 0 amide bonds. The fraction of sp³-hybridized carbons (Fsp3) is 0.312. The number of nitrogens with one attached hydrogen (secondary N) is 1. The summed E-state index contributed by atoms with van der Waals surface area (Å²) < 4.78 is 0. The molecule has 106 valence electrons. The lowest BCUT2D eigenvalue weighted by Crippen LogP contribution is -2.03. The van der Waals surface area contributed by atoms with Gasteiger partial charge in [-0.1, -0.05) is 55.2 Å². The maximum absolute atomic E-state index is 6.29. The number of rotatable bonds is 5. The first-order valence-electron chi connectivity index (χ1n) is 6.85. The van der Waals surface area contributed by atoms with Gasteiger partial charge in [0.25, 0.3) is 0 Å². The van der Waals surface area contributed by atoms with Gasteiger partial charge in [-0.05, 0) is 30.5 Å². The van der Waals surface area contributed by atoms with Crippen LogP contribution in [-0.2, 0) is 6.42 Å². The molecular formula is C16H18Cl2N2. The number of aromatic nitrogens is 1. The second-order valence-corrected chi connectivity index (χ2v) is 5.44. The Morgan fingerprint density at radius 3 is 2.60 bits per heavy atom. The zero-order chi connectivity index (χ0) is 14.5. The second kappa shape index (κ2) is 6.96. The summed E-state index contributed by atoms with van der Waals surface area (Å²) in [6.45, 7) is 5.06. The van der Waals surface area contributed by atoms with Crippen molar-refractivity contribution in [1.29, 1.82) is 0 Å². The Morgan fingerprint density at radius 2 is 1.90 bits per heavy atom. The lowest BCUT2D eigenvalue weighted by Gasteiger charge is -2.11. The van der Waals surface area contributed by atoms with E-state index >= 15 is 0 Å². The van der Waals surface area contributed by atoms with Gasteiger partial charge in [-0.25, -0.2) is 4.98 Å². The summed E-state index contributed by atoms with van der Waals surface area (Å²) in [4.78, 5) is 4.58. The third kappa shape index (κ3) is 3.44. The monoisotopic (exact) mass is 308 g/mol. The molecule has 0 saturated heterocycles. The van der Waals surface area contributed by atoms with Gasteiger partial charge < -0.3 is 5.32 Å². The van der Waals surface area contributed by atoms with Gasteiger partial charge in [0.1, 0.15) is 5.82 Å². The quantitative estimate of drug-likeness (QED) is 0.795. The number of hydrogen-bond donors (Lipinski definition) is 1. The van der Waals surface area contributed by atoms with Gasteiger partial charge >= 0.3 is 0 Å². The summed E-state index contributed by atoms with van der Waals surface area (Å²) in [5.74, 6) is 0.690. The first-order valence-corrected chi connectivity index (χ1v) is 7.60. The molecule has 0 atom stereocenters. The molecule has 0 aliphatic heterocycles. The Morgan fingerprint density at radius 1 is 1.10 bits per heavy atom. The molecule has 2 aromatic rings.